The van der Waals surface area contributed by atoms with Crippen LogP contribution in [0.2, 0.25) is 0 Å². The lowest BCUT2D eigenvalue weighted by atomic mass is 10.1. The zero-order valence-electron chi connectivity index (χ0n) is 11.7. The Hall–Kier alpha value is -1.77. The summed E-state index contributed by atoms with van der Waals surface area (Å²) >= 11 is 0. The number of esters is 1. The third-order valence-electron chi connectivity index (χ3n) is 3.04. The zero-order chi connectivity index (χ0) is 13.8. The molecule has 3 nitrogen and oxygen atoms in total. The Kier molecular flexibility index (Phi) is 4.25. The maximum Gasteiger partial charge on any atom is 0.331 e. The SMILES string of the molecule is CCOC(=O)/C=C1\CCc2ccc(OC(C)C)cc21. The summed E-state index contributed by atoms with van der Waals surface area (Å²) in [4.78, 5) is 11.5. The predicted octanol–water partition coefficient (Wildman–Crippen LogP) is 3.37. The average molecular weight is 260 g/mol. The van der Waals surface area contributed by atoms with Crippen LogP contribution in [0.25, 0.3) is 5.57 Å². The molecule has 1 aromatic carbocycles. The van der Waals surface area contributed by atoms with Gasteiger partial charge in [-0.05, 0) is 62.4 Å². The van der Waals surface area contributed by atoms with Crippen LogP contribution in [0.1, 0.15) is 38.3 Å². The van der Waals surface area contributed by atoms with Gasteiger partial charge in [0.2, 0.25) is 0 Å². The van der Waals surface area contributed by atoms with E-state index in [1.807, 2.05) is 32.9 Å². The number of benzene rings is 1. The van der Waals surface area contributed by atoms with Gasteiger partial charge in [0.05, 0.1) is 12.7 Å². The number of ether oxygens (including phenoxy) is 2. The minimum atomic E-state index is -0.263. The number of hydrogen-bond donors (Lipinski definition) is 0. The van der Waals surface area contributed by atoms with E-state index in [9.17, 15) is 4.79 Å². The Morgan fingerprint density at radius 1 is 1.37 bits per heavy atom. The average Bonchev–Trinajstić information content (AvgIpc) is 2.71. The lowest BCUT2D eigenvalue weighted by molar-refractivity contribution is -0.137. The summed E-state index contributed by atoms with van der Waals surface area (Å²) in [5.41, 5.74) is 3.43. The first-order chi connectivity index (χ1) is 9.10. The molecule has 102 valence electrons. The molecule has 0 unspecified atom stereocenters. The van der Waals surface area contributed by atoms with Crippen LogP contribution in [0.5, 0.6) is 5.75 Å². The molecule has 19 heavy (non-hydrogen) atoms. The normalized spacial score (nSPS) is 15.7. The van der Waals surface area contributed by atoms with Crippen molar-refractivity contribution in [3.05, 3.63) is 35.4 Å². The number of hydrogen-bond acceptors (Lipinski definition) is 3. The fourth-order valence-corrected chi connectivity index (χ4v) is 2.30. The lowest BCUT2D eigenvalue weighted by Crippen LogP contribution is -2.05. The van der Waals surface area contributed by atoms with Gasteiger partial charge in [-0.25, -0.2) is 4.79 Å². The maximum absolute atomic E-state index is 11.5. The van der Waals surface area contributed by atoms with Crippen molar-refractivity contribution in [3.63, 3.8) is 0 Å². The Bertz CT molecular complexity index is 501. The van der Waals surface area contributed by atoms with Crippen molar-refractivity contribution < 1.29 is 14.3 Å². The van der Waals surface area contributed by atoms with Crippen molar-refractivity contribution in [1.82, 2.24) is 0 Å². The summed E-state index contributed by atoms with van der Waals surface area (Å²) in [6.45, 7) is 6.23. The third-order valence-corrected chi connectivity index (χ3v) is 3.04. The van der Waals surface area contributed by atoms with E-state index in [2.05, 4.69) is 6.07 Å². The highest BCUT2D eigenvalue weighted by Gasteiger charge is 2.18. The second-order valence-electron chi connectivity index (χ2n) is 4.91. The van der Waals surface area contributed by atoms with Gasteiger partial charge in [0, 0.05) is 6.08 Å². The fourth-order valence-electron chi connectivity index (χ4n) is 2.30. The highest BCUT2D eigenvalue weighted by Crippen LogP contribution is 2.34. The largest absolute Gasteiger partial charge is 0.491 e. The van der Waals surface area contributed by atoms with Crippen LogP contribution in [-0.2, 0) is 16.0 Å². The highest BCUT2D eigenvalue weighted by molar-refractivity contribution is 5.93. The van der Waals surface area contributed by atoms with Crippen molar-refractivity contribution in [2.24, 2.45) is 0 Å². The first kappa shape index (κ1) is 13.7. The number of carbonyl (C=O) groups excluding carboxylic acids is 1. The molecule has 0 atom stereocenters. The molecule has 0 heterocycles. The molecule has 0 amide bonds. The first-order valence-electron chi connectivity index (χ1n) is 6.77. The number of fused-ring (bicyclic) bond motifs is 1. The van der Waals surface area contributed by atoms with Crippen molar-refractivity contribution in [1.29, 1.82) is 0 Å². The Morgan fingerprint density at radius 3 is 2.84 bits per heavy atom. The fraction of sp³-hybridized carbons (Fsp3) is 0.438. The smallest absolute Gasteiger partial charge is 0.331 e. The Labute approximate surface area is 114 Å². The molecule has 0 aliphatic heterocycles. The molecule has 0 radical (unpaired) electrons. The van der Waals surface area contributed by atoms with Crippen molar-refractivity contribution in [3.8, 4) is 5.75 Å². The van der Waals surface area contributed by atoms with Gasteiger partial charge >= 0.3 is 5.97 Å². The van der Waals surface area contributed by atoms with E-state index < -0.39 is 0 Å². The van der Waals surface area contributed by atoms with Gasteiger partial charge in [-0.3, -0.25) is 0 Å². The molecule has 2 rings (SSSR count). The van der Waals surface area contributed by atoms with E-state index in [4.69, 9.17) is 9.47 Å². The molecule has 3 heteroatoms. The second kappa shape index (κ2) is 5.91. The van der Waals surface area contributed by atoms with Crippen LogP contribution >= 0.6 is 0 Å². The van der Waals surface area contributed by atoms with Crippen molar-refractivity contribution in [2.75, 3.05) is 6.61 Å². The number of carbonyl (C=O) groups is 1. The molecule has 0 bridgehead atoms. The monoisotopic (exact) mass is 260 g/mol. The summed E-state index contributed by atoms with van der Waals surface area (Å²) in [7, 11) is 0. The van der Waals surface area contributed by atoms with Crippen molar-refractivity contribution in [2.45, 2.75) is 39.7 Å². The molecule has 0 fully saturated rings. The van der Waals surface area contributed by atoms with Gasteiger partial charge in [-0.15, -0.1) is 0 Å². The number of allylic oxidation sites excluding steroid dienone is 1. The first-order valence-corrected chi connectivity index (χ1v) is 6.77. The minimum absolute atomic E-state index is 0.150. The maximum atomic E-state index is 11.5. The molecule has 0 saturated heterocycles. The Morgan fingerprint density at radius 2 is 2.16 bits per heavy atom. The summed E-state index contributed by atoms with van der Waals surface area (Å²) in [6.07, 6.45) is 3.62. The number of aryl methyl sites for hydroxylation is 1. The summed E-state index contributed by atoms with van der Waals surface area (Å²) in [5, 5.41) is 0. The molecule has 1 aliphatic carbocycles. The van der Waals surface area contributed by atoms with Gasteiger partial charge in [0.25, 0.3) is 0 Å². The quantitative estimate of drug-likeness (QED) is 0.615. The highest BCUT2D eigenvalue weighted by atomic mass is 16.5. The number of rotatable bonds is 4. The molecule has 0 N–H and O–H groups in total. The van der Waals surface area contributed by atoms with Gasteiger partial charge in [-0.2, -0.15) is 0 Å². The van der Waals surface area contributed by atoms with Crippen LogP contribution in [0, 0.1) is 0 Å². The van der Waals surface area contributed by atoms with E-state index in [0.29, 0.717) is 6.61 Å². The second-order valence-corrected chi connectivity index (χ2v) is 4.91. The topological polar surface area (TPSA) is 35.5 Å². The molecular formula is C16H20O3. The lowest BCUT2D eigenvalue weighted by Gasteiger charge is -2.11. The molecule has 0 saturated carbocycles. The van der Waals surface area contributed by atoms with Crippen LogP contribution in [-0.4, -0.2) is 18.7 Å². The standard InChI is InChI=1S/C16H20O3/c1-4-18-16(17)9-13-6-5-12-7-8-14(10-15(12)13)19-11(2)3/h7-11H,4-6H2,1-3H3/b13-9+. The van der Waals surface area contributed by atoms with Crippen LogP contribution in [0.4, 0.5) is 0 Å². The predicted molar refractivity (Wildman–Crippen MR) is 75.1 cm³/mol. The van der Waals surface area contributed by atoms with Crippen LogP contribution < -0.4 is 4.74 Å². The summed E-state index contributed by atoms with van der Waals surface area (Å²) < 4.78 is 10.7. The van der Waals surface area contributed by atoms with E-state index in [0.717, 1.165) is 29.7 Å². The minimum Gasteiger partial charge on any atom is -0.491 e. The molecule has 0 spiro atoms. The van der Waals surface area contributed by atoms with Gasteiger partial charge < -0.3 is 9.47 Å². The van der Waals surface area contributed by atoms with Crippen LogP contribution in [0.15, 0.2) is 24.3 Å². The van der Waals surface area contributed by atoms with Gasteiger partial charge in [-0.1, -0.05) is 6.07 Å². The summed E-state index contributed by atoms with van der Waals surface area (Å²) in [5.74, 6) is 0.589. The summed E-state index contributed by atoms with van der Waals surface area (Å²) in [6, 6.07) is 6.10. The van der Waals surface area contributed by atoms with Gasteiger partial charge in [0.15, 0.2) is 0 Å². The molecule has 1 aromatic rings. The van der Waals surface area contributed by atoms with E-state index >= 15 is 0 Å². The zero-order valence-corrected chi connectivity index (χ0v) is 11.7. The van der Waals surface area contributed by atoms with E-state index in [-0.39, 0.29) is 12.1 Å². The molecular weight excluding hydrogens is 240 g/mol. The Balaban J connectivity index is 2.24. The van der Waals surface area contributed by atoms with E-state index in [1.165, 1.54) is 5.56 Å². The molecule has 1 aliphatic rings. The van der Waals surface area contributed by atoms with Gasteiger partial charge in [0.1, 0.15) is 5.75 Å². The molecule has 0 aromatic heterocycles. The van der Waals surface area contributed by atoms with Crippen molar-refractivity contribution >= 4 is 11.5 Å². The van der Waals surface area contributed by atoms with E-state index in [1.54, 1.807) is 6.08 Å². The van der Waals surface area contributed by atoms with Crippen LogP contribution in [0.3, 0.4) is 0 Å². The third kappa shape index (κ3) is 3.37.